The summed E-state index contributed by atoms with van der Waals surface area (Å²) in [5.41, 5.74) is 0. The first-order valence-electron chi connectivity index (χ1n) is 6.45. The fourth-order valence-corrected chi connectivity index (χ4v) is 2.20. The third-order valence-corrected chi connectivity index (χ3v) is 3.36. The molecule has 1 saturated carbocycles. The SMILES string of the molecule is CN(CCC(=O)NC1CC1)CC1CCCN1. The molecule has 0 spiro atoms. The number of nitrogens with one attached hydrogen (secondary N) is 2. The van der Waals surface area contributed by atoms with Gasteiger partial charge in [0.15, 0.2) is 0 Å². The van der Waals surface area contributed by atoms with Crippen LogP contribution < -0.4 is 10.6 Å². The molecule has 0 aromatic rings. The molecule has 2 fully saturated rings. The Morgan fingerprint density at radius 3 is 2.88 bits per heavy atom. The fourth-order valence-electron chi connectivity index (χ4n) is 2.20. The topological polar surface area (TPSA) is 44.4 Å². The Balaban J connectivity index is 1.55. The van der Waals surface area contributed by atoms with Crippen molar-refractivity contribution < 1.29 is 4.79 Å². The molecule has 1 atom stereocenters. The van der Waals surface area contributed by atoms with Crippen molar-refractivity contribution in [3.63, 3.8) is 0 Å². The highest BCUT2D eigenvalue weighted by Crippen LogP contribution is 2.18. The number of hydrogen-bond donors (Lipinski definition) is 2. The van der Waals surface area contributed by atoms with Crippen LogP contribution in [0.25, 0.3) is 0 Å². The monoisotopic (exact) mass is 225 g/mol. The molecule has 1 saturated heterocycles. The summed E-state index contributed by atoms with van der Waals surface area (Å²) in [4.78, 5) is 13.7. The van der Waals surface area contributed by atoms with E-state index in [1.54, 1.807) is 0 Å². The van der Waals surface area contributed by atoms with Gasteiger partial charge in [0, 0.05) is 31.6 Å². The lowest BCUT2D eigenvalue weighted by Crippen LogP contribution is -2.37. The molecular weight excluding hydrogens is 202 g/mol. The zero-order valence-corrected chi connectivity index (χ0v) is 10.2. The molecule has 92 valence electrons. The first-order chi connectivity index (χ1) is 7.74. The minimum absolute atomic E-state index is 0.216. The molecule has 1 aliphatic heterocycles. The molecule has 1 aliphatic carbocycles. The third-order valence-electron chi connectivity index (χ3n) is 3.36. The van der Waals surface area contributed by atoms with Gasteiger partial charge in [-0.3, -0.25) is 4.79 Å². The molecule has 2 rings (SSSR count). The number of rotatable bonds is 6. The average Bonchev–Trinajstić information content (AvgIpc) is 2.91. The standard InChI is InChI=1S/C12H23N3O/c1-15(9-11-3-2-7-13-11)8-6-12(16)14-10-4-5-10/h10-11,13H,2-9H2,1H3,(H,14,16). The van der Waals surface area contributed by atoms with E-state index in [0.29, 0.717) is 18.5 Å². The number of carbonyl (C=O) groups is 1. The maximum atomic E-state index is 11.5. The van der Waals surface area contributed by atoms with Gasteiger partial charge in [0.2, 0.25) is 5.91 Å². The van der Waals surface area contributed by atoms with Crippen LogP contribution in [0.4, 0.5) is 0 Å². The van der Waals surface area contributed by atoms with Crippen LogP contribution in [0.1, 0.15) is 32.1 Å². The molecule has 1 heterocycles. The van der Waals surface area contributed by atoms with Crippen LogP contribution in [-0.4, -0.2) is 49.6 Å². The summed E-state index contributed by atoms with van der Waals surface area (Å²) in [6, 6.07) is 1.13. The van der Waals surface area contributed by atoms with Crippen molar-refractivity contribution >= 4 is 5.91 Å². The number of likely N-dealkylation sites (N-methyl/N-ethyl adjacent to an activating group) is 1. The van der Waals surface area contributed by atoms with Crippen LogP contribution in [-0.2, 0) is 4.79 Å². The van der Waals surface area contributed by atoms with Crippen molar-refractivity contribution in [1.29, 1.82) is 0 Å². The van der Waals surface area contributed by atoms with Crippen molar-refractivity contribution in [2.24, 2.45) is 0 Å². The van der Waals surface area contributed by atoms with Crippen molar-refractivity contribution in [2.75, 3.05) is 26.7 Å². The summed E-state index contributed by atoms with van der Waals surface area (Å²) in [7, 11) is 2.10. The molecule has 0 aromatic carbocycles. The van der Waals surface area contributed by atoms with Crippen molar-refractivity contribution in [1.82, 2.24) is 15.5 Å². The second-order valence-electron chi connectivity index (χ2n) is 5.15. The second kappa shape index (κ2) is 5.64. The predicted molar refractivity (Wildman–Crippen MR) is 64.3 cm³/mol. The molecule has 1 unspecified atom stereocenters. The van der Waals surface area contributed by atoms with E-state index >= 15 is 0 Å². The molecule has 1 amide bonds. The Morgan fingerprint density at radius 2 is 2.25 bits per heavy atom. The van der Waals surface area contributed by atoms with E-state index in [2.05, 4.69) is 22.6 Å². The molecule has 0 radical (unpaired) electrons. The zero-order chi connectivity index (χ0) is 11.4. The molecule has 4 nitrogen and oxygen atoms in total. The van der Waals surface area contributed by atoms with E-state index in [0.717, 1.165) is 19.6 Å². The predicted octanol–water partition coefficient (Wildman–Crippen LogP) is 0.339. The Labute approximate surface area is 97.8 Å². The van der Waals surface area contributed by atoms with Gasteiger partial charge in [-0.25, -0.2) is 0 Å². The van der Waals surface area contributed by atoms with Gasteiger partial charge in [0.1, 0.15) is 0 Å². The van der Waals surface area contributed by atoms with E-state index in [9.17, 15) is 4.79 Å². The van der Waals surface area contributed by atoms with Crippen LogP contribution in [0.5, 0.6) is 0 Å². The summed E-state index contributed by atoms with van der Waals surface area (Å²) < 4.78 is 0. The normalized spacial score (nSPS) is 25.0. The highest BCUT2D eigenvalue weighted by Gasteiger charge is 2.23. The maximum Gasteiger partial charge on any atom is 0.221 e. The van der Waals surface area contributed by atoms with Crippen LogP contribution in [0.15, 0.2) is 0 Å². The van der Waals surface area contributed by atoms with Gasteiger partial charge in [0.25, 0.3) is 0 Å². The molecule has 4 heteroatoms. The largest absolute Gasteiger partial charge is 0.353 e. The average molecular weight is 225 g/mol. The zero-order valence-electron chi connectivity index (χ0n) is 10.2. The fraction of sp³-hybridized carbons (Fsp3) is 0.917. The molecule has 0 aromatic heterocycles. The minimum atomic E-state index is 0.216. The van der Waals surface area contributed by atoms with Gasteiger partial charge in [-0.1, -0.05) is 0 Å². The number of nitrogens with zero attached hydrogens (tertiary/aromatic N) is 1. The highest BCUT2D eigenvalue weighted by atomic mass is 16.1. The number of hydrogen-bond acceptors (Lipinski definition) is 3. The van der Waals surface area contributed by atoms with E-state index in [1.807, 2.05) is 0 Å². The smallest absolute Gasteiger partial charge is 0.221 e. The summed E-state index contributed by atoms with van der Waals surface area (Å²) in [6.07, 6.45) is 5.56. The van der Waals surface area contributed by atoms with E-state index in [-0.39, 0.29) is 5.91 Å². The lowest BCUT2D eigenvalue weighted by Gasteiger charge is -2.20. The lowest BCUT2D eigenvalue weighted by molar-refractivity contribution is -0.121. The number of carbonyl (C=O) groups excluding carboxylic acids is 1. The quantitative estimate of drug-likeness (QED) is 0.685. The van der Waals surface area contributed by atoms with Gasteiger partial charge in [0.05, 0.1) is 0 Å². The Bertz CT molecular complexity index is 234. The summed E-state index contributed by atoms with van der Waals surface area (Å²) in [5, 5.41) is 6.50. The maximum absolute atomic E-state index is 11.5. The summed E-state index contributed by atoms with van der Waals surface area (Å²) in [6.45, 7) is 3.09. The molecule has 0 bridgehead atoms. The highest BCUT2D eigenvalue weighted by molar-refractivity contribution is 5.76. The minimum Gasteiger partial charge on any atom is -0.353 e. The van der Waals surface area contributed by atoms with Crippen molar-refractivity contribution in [3.8, 4) is 0 Å². The molecule has 2 aliphatic rings. The van der Waals surface area contributed by atoms with Crippen molar-refractivity contribution in [2.45, 2.75) is 44.2 Å². The van der Waals surface area contributed by atoms with Gasteiger partial charge in [-0.2, -0.15) is 0 Å². The molecule has 2 N–H and O–H groups in total. The lowest BCUT2D eigenvalue weighted by atomic mass is 10.2. The second-order valence-corrected chi connectivity index (χ2v) is 5.15. The van der Waals surface area contributed by atoms with Crippen molar-refractivity contribution in [3.05, 3.63) is 0 Å². The van der Waals surface area contributed by atoms with E-state index in [4.69, 9.17) is 0 Å². The van der Waals surface area contributed by atoms with Gasteiger partial charge >= 0.3 is 0 Å². The summed E-state index contributed by atoms with van der Waals surface area (Å²) in [5.74, 6) is 0.216. The van der Waals surface area contributed by atoms with Gasteiger partial charge in [-0.15, -0.1) is 0 Å². The van der Waals surface area contributed by atoms with Crippen LogP contribution in [0.2, 0.25) is 0 Å². The van der Waals surface area contributed by atoms with E-state index < -0.39 is 0 Å². The first-order valence-corrected chi connectivity index (χ1v) is 6.45. The van der Waals surface area contributed by atoms with Crippen LogP contribution >= 0.6 is 0 Å². The van der Waals surface area contributed by atoms with Gasteiger partial charge < -0.3 is 15.5 Å². The Hall–Kier alpha value is -0.610. The first kappa shape index (κ1) is 11.9. The van der Waals surface area contributed by atoms with E-state index in [1.165, 1.54) is 25.7 Å². The molecular formula is C12H23N3O. The number of amides is 1. The molecule has 16 heavy (non-hydrogen) atoms. The van der Waals surface area contributed by atoms with Crippen LogP contribution in [0, 0.1) is 0 Å². The Kier molecular flexibility index (Phi) is 4.18. The summed E-state index contributed by atoms with van der Waals surface area (Å²) >= 11 is 0. The Morgan fingerprint density at radius 1 is 1.44 bits per heavy atom. The third kappa shape index (κ3) is 4.10. The van der Waals surface area contributed by atoms with Crippen LogP contribution in [0.3, 0.4) is 0 Å². The van der Waals surface area contributed by atoms with Gasteiger partial charge in [-0.05, 0) is 39.3 Å².